The summed E-state index contributed by atoms with van der Waals surface area (Å²) in [6, 6.07) is 0. The molecule has 1 rings (SSSR count). The maximum atomic E-state index is 2.52. The van der Waals surface area contributed by atoms with Gasteiger partial charge in [0.05, 0.1) is 0 Å². The van der Waals surface area contributed by atoms with Gasteiger partial charge < -0.3 is 0 Å². The molecule has 0 aromatic carbocycles. The molecular formula is C22H48. The highest BCUT2D eigenvalue weighted by Crippen LogP contribution is 2.45. The topological polar surface area (TPSA) is 0 Å². The summed E-state index contributed by atoms with van der Waals surface area (Å²) in [4.78, 5) is 0. The third-order valence-corrected chi connectivity index (χ3v) is 5.33. The second-order valence-electron chi connectivity index (χ2n) is 8.26. The average molecular weight is 313 g/mol. The first-order valence-corrected chi connectivity index (χ1v) is 10.3. The van der Waals surface area contributed by atoms with E-state index in [4.69, 9.17) is 0 Å². The van der Waals surface area contributed by atoms with Crippen LogP contribution in [0.15, 0.2) is 0 Å². The lowest BCUT2D eigenvalue weighted by Gasteiger charge is -2.38. The van der Waals surface area contributed by atoms with Gasteiger partial charge >= 0.3 is 0 Å². The van der Waals surface area contributed by atoms with E-state index in [0.717, 1.165) is 23.7 Å². The fourth-order valence-corrected chi connectivity index (χ4v) is 4.02. The summed E-state index contributed by atoms with van der Waals surface area (Å²) in [6.07, 6.45) is 9.83. The minimum absolute atomic E-state index is 0.531. The van der Waals surface area contributed by atoms with Crippen LogP contribution in [-0.4, -0.2) is 0 Å². The first-order valence-electron chi connectivity index (χ1n) is 10.3. The molecule has 0 radical (unpaired) electrons. The van der Waals surface area contributed by atoms with E-state index in [9.17, 15) is 0 Å². The summed E-state index contributed by atoms with van der Waals surface area (Å²) in [6.45, 7) is 23.0. The van der Waals surface area contributed by atoms with Crippen molar-refractivity contribution in [2.45, 2.75) is 114 Å². The standard InChI is InChI=1S/C17H34.C3H8.C2H6/c1-7-8-14(3)12-17(5,6)15(4)16-10-9-13(2)11-16;1-3-2;1-2/h13-16H,7-12H2,1-6H3;3H2,1-2H3;1-2H3. The van der Waals surface area contributed by atoms with E-state index in [1.165, 1.54) is 44.9 Å². The molecule has 0 heterocycles. The van der Waals surface area contributed by atoms with Gasteiger partial charge in [-0.05, 0) is 48.3 Å². The van der Waals surface area contributed by atoms with Crippen LogP contribution in [0.2, 0.25) is 0 Å². The molecule has 22 heavy (non-hydrogen) atoms. The summed E-state index contributed by atoms with van der Waals surface area (Å²) >= 11 is 0. The molecule has 0 N–H and O–H groups in total. The molecule has 0 bridgehead atoms. The molecule has 1 saturated carbocycles. The SMILES string of the molecule is CC.CCC.CCCC(C)CC(C)(C)C(C)C1CCC(C)C1. The molecule has 0 nitrogen and oxygen atoms in total. The van der Waals surface area contributed by atoms with Crippen molar-refractivity contribution in [3.05, 3.63) is 0 Å². The molecule has 0 aromatic rings. The lowest BCUT2D eigenvalue weighted by atomic mass is 9.67. The van der Waals surface area contributed by atoms with Crippen LogP contribution < -0.4 is 0 Å². The maximum Gasteiger partial charge on any atom is -0.0323 e. The summed E-state index contributed by atoms with van der Waals surface area (Å²) < 4.78 is 0. The molecule has 0 aliphatic heterocycles. The van der Waals surface area contributed by atoms with Gasteiger partial charge in [-0.2, -0.15) is 0 Å². The van der Waals surface area contributed by atoms with Gasteiger partial charge in [-0.1, -0.05) is 94.9 Å². The zero-order valence-electron chi connectivity index (χ0n) is 17.8. The van der Waals surface area contributed by atoms with E-state index in [1.807, 2.05) is 13.8 Å². The van der Waals surface area contributed by atoms with E-state index in [0.29, 0.717) is 5.41 Å². The van der Waals surface area contributed by atoms with E-state index in [1.54, 1.807) is 0 Å². The van der Waals surface area contributed by atoms with Crippen molar-refractivity contribution in [1.82, 2.24) is 0 Å². The van der Waals surface area contributed by atoms with Gasteiger partial charge in [-0.25, -0.2) is 0 Å². The minimum Gasteiger partial charge on any atom is -0.0683 e. The van der Waals surface area contributed by atoms with Crippen LogP contribution in [0.25, 0.3) is 0 Å². The molecule has 1 fully saturated rings. The number of hydrogen-bond donors (Lipinski definition) is 0. The lowest BCUT2D eigenvalue weighted by molar-refractivity contribution is 0.120. The molecule has 0 aromatic heterocycles. The normalized spacial score (nSPS) is 23.7. The molecule has 0 heteroatoms. The fourth-order valence-electron chi connectivity index (χ4n) is 4.02. The zero-order valence-corrected chi connectivity index (χ0v) is 17.8. The second-order valence-corrected chi connectivity index (χ2v) is 8.26. The van der Waals surface area contributed by atoms with Gasteiger partial charge in [0.1, 0.15) is 0 Å². The summed E-state index contributed by atoms with van der Waals surface area (Å²) in [7, 11) is 0. The zero-order chi connectivity index (χ0) is 17.8. The Kier molecular flexibility index (Phi) is 14.8. The highest BCUT2D eigenvalue weighted by molar-refractivity contribution is 4.86. The third kappa shape index (κ3) is 9.90. The van der Waals surface area contributed by atoms with Gasteiger partial charge in [0.2, 0.25) is 0 Å². The molecule has 1 aliphatic carbocycles. The van der Waals surface area contributed by atoms with E-state index in [-0.39, 0.29) is 0 Å². The molecule has 0 spiro atoms. The predicted molar refractivity (Wildman–Crippen MR) is 105 cm³/mol. The summed E-state index contributed by atoms with van der Waals surface area (Å²) in [5, 5.41) is 0. The molecule has 1 aliphatic rings. The maximum absolute atomic E-state index is 2.52. The Morgan fingerprint density at radius 1 is 1.00 bits per heavy atom. The Bertz CT molecular complexity index is 228. The van der Waals surface area contributed by atoms with Crippen molar-refractivity contribution >= 4 is 0 Å². The Morgan fingerprint density at radius 2 is 1.50 bits per heavy atom. The molecule has 0 saturated heterocycles. The fraction of sp³-hybridized carbons (Fsp3) is 1.00. The van der Waals surface area contributed by atoms with Crippen molar-refractivity contribution in [1.29, 1.82) is 0 Å². The first-order chi connectivity index (χ1) is 10.3. The van der Waals surface area contributed by atoms with Crippen molar-refractivity contribution < 1.29 is 0 Å². The van der Waals surface area contributed by atoms with Crippen LogP contribution in [0.3, 0.4) is 0 Å². The van der Waals surface area contributed by atoms with Crippen LogP contribution in [-0.2, 0) is 0 Å². The van der Waals surface area contributed by atoms with Gasteiger partial charge in [0.15, 0.2) is 0 Å². The predicted octanol–water partition coefficient (Wildman–Crippen LogP) is 8.35. The highest BCUT2D eigenvalue weighted by Gasteiger charge is 2.35. The highest BCUT2D eigenvalue weighted by atomic mass is 14.4. The van der Waals surface area contributed by atoms with E-state index >= 15 is 0 Å². The summed E-state index contributed by atoms with van der Waals surface area (Å²) in [5.74, 6) is 3.77. The number of hydrogen-bond acceptors (Lipinski definition) is 0. The Hall–Kier alpha value is 0. The largest absolute Gasteiger partial charge is 0.0683 e. The van der Waals surface area contributed by atoms with E-state index in [2.05, 4.69) is 55.4 Å². The van der Waals surface area contributed by atoms with Crippen LogP contribution in [0, 0.1) is 29.1 Å². The third-order valence-electron chi connectivity index (χ3n) is 5.33. The van der Waals surface area contributed by atoms with Crippen molar-refractivity contribution in [2.75, 3.05) is 0 Å². The molecule has 0 amide bonds. The van der Waals surface area contributed by atoms with Crippen LogP contribution >= 0.6 is 0 Å². The molecule has 136 valence electrons. The van der Waals surface area contributed by atoms with Crippen LogP contribution in [0.5, 0.6) is 0 Å². The van der Waals surface area contributed by atoms with Gasteiger partial charge in [0, 0.05) is 0 Å². The van der Waals surface area contributed by atoms with Crippen molar-refractivity contribution in [2.24, 2.45) is 29.1 Å². The molecule has 4 atom stereocenters. The Balaban J connectivity index is 0. The Morgan fingerprint density at radius 3 is 1.86 bits per heavy atom. The smallest absolute Gasteiger partial charge is 0.0323 e. The number of rotatable bonds is 6. The molecule has 4 unspecified atom stereocenters. The minimum atomic E-state index is 0.531. The Labute approximate surface area is 143 Å². The van der Waals surface area contributed by atoms with Gasteiger partial charge in [0.25, 0.3) is 0 Å². The second kappa shape index (κ2) is 13.4. The van der Waals surface area contributed by atoms with Crippen molar-refractivity contribution in [3.63, 3.8) is 0 Å². The van der Waals surface area contributed by atoms with Crippen molar-refractivity contribution in [3.8, 4) is 0 Å². The first kappa shape index (κ1) is 24.3. The quantitative estimate of drug-likeness (QED) is 0.462. The summed E-state index contributed by atoms with van der Waals surface area (Å²) in [5.41, 5.74) is 0.531. The average Bonchev–Trinajstić information content (AvgIpc) is 2.87. The van der Waals surface area contributed by atoms with E-state index < -0.39 is 0 Å². The van der Waals surface area contributed by atoms with Crippen LogP contribution in [0.4, 0.5) is 0 Å². The van der Waals surface area contributed by atoms with Gasteiger partial charge in [-0.15, -0.1) is 0 Å². The van der Waals surface area contributed by atoms with Gasteiger partial charge in [-0.3, -0.25) is 0 Å². The lowest BCUT2D eigenvalue weighted by Crippen LogP contribution is -2.29. The molecular weight excluding hydrogens is 264 g/mol. The monoisotopic (exact) mass is 312 g/mol. The van der Waals surface area contributed by atoms with Crippen LogP contribution in [0.1, 0.15) is 114 Å².